The van der Waals surface area contributed by atoms with Crippen LogP contribution in [0.5, 0.6) is 0 Å². The van der Waals surface area contributed by atoms with Crippen molar-refractivity contribution in [1.82, 2.24) is 0 Å². The Bertz CT molecular complexity index is 373. The van der Waals surface area contributed by atoms with Gasteiger partial charge in [-0.2, -0.15) is 13.2 Å². The van der Waals surface area contributed by atoms with Crippen molar-refractivity contribution in [3.05, 3.63) is 35.9 Å². The Kier molecular flexibility index (Phi) is 4.28. The highest BCUT2D eigenvalue weighted by atomic mass is 19.4. The van der Waals surface area contributed by atoms with Gasteiger partial charge in [0.2, 0.25) is 0 Å². The lowest BCUT2D eigenvalue weighted by molar-refractivity contribution is -0.193. The molecule has 2 unspecified atom stereocenters. The van der Waals surface area contributed by atoms with E-state index in [2.05, 4.69) is 0 Å². The van der Waals surface area contributed by atoms with Gasteiger partial charge in [0.1, 0.15) is 0 Å². The van der Waals surface area contributed by atoms with Gasteiger partial charge in [0.25, 0.3) is 0 Å². The zero-order valence-electron chi connectivity index (χ0n) is 9.24. The molecule has 0 heterocycles. The van der Waals surface area contributed by atoms with E-state index in [4.69, 9.17) is 0 Å². The smallest absolute Gasteiger partial charge is 0.392 e. The fourth-order valence-corrected chi connectivity index (χ4v) is 1.33. The molecular formula is C12H13F3O2. The molecule has 0 fully saturated rings. The Balaban J connectivity index is 2.64. The van der Waals surface area contributed by atoms with Crippen LogP contribution in [0.2, 0.25) is 0 Å². The van der Waals surface area contributed by atoms with E-state index < -0.39 is 30.4 Å². The summed E-state index contributed by atoms with van der Waals surface area (Å²) in [7, 11) is 0. The minimum Gasteiger partial charge on any atom is -0.392 e. The van der Waals surface area contributed by atoms with Crippen molar-refractivity contribution in [2.24, 2.45) is 5.92 Å². The summed E-state index contributed by atoms with van der Waals surface area (Å²) in [6, 6.07) is 7.95. The molecule has 0 saturated carbocycles. The van der Waals surface area contributed by atoms with Crippen molar-refractivity contribution >= 4 is 5.78 Å². The van der Waals surface area contributed by atoms with Gasteiger partial charge in [0.15, 0.2) is 5.78 Å². The molecule has 94 valence electrons. The van der Waals surface area contributed by atoms with E-state index in [1.165, 1.54) is 12.1 Å². The molecule has 17 heavy (non-hydrogen) atoms. The van der Waals surface area contributed by atoms with Crippen LogP contribution in [-0.2, 0) is 0 Å². The summed E-state index contributed by atoms with van der Waals surface area (Å²) in [5.74, 6) is -2.40. The van der Waals surface area contributed by atoms with Gasteiger partial charge in [0.05, 0.1) is 12.0 Å². The number of hydrogen-bond acceptors (Lipinski definition) is 2. The Morgan fingerprint density at radius 3 is 2.29 bits per heavy atom. The van der Waals surface area contributed by atoms with Crippen molar-refractivity contribution in [3.8, 4) is 0 Å². The Morgan fingerprint density at radius 1 is 1.29 bits per heavy atom. The fourth-order valence-electron chi connectivity index (χ4n) is 1.33. The number of alkyl halides is 3. The summed E-state index contributed by atoms with van der Waals surface area (Å²) < 4.78 is 36.8. The van der Waals surface area contributed by atoms with Crippen LogP contribution in [0.15, 0.2) is 30.3 Å². The van der Waals surface area contributed by atoms with E-state index in [0.717, 1.165) is 6.92 Å². The number of aliphatic hydroxyl groups excluding tert-OH is 1. The highest BCUT2D eigenvalue weighted by Gasteiger charge is 2.41. The summed E-state index contributed by atoms with van der Waals surface area (Å²) in [5, 5.41) is 9.34. The van der Waals surface area contributed by atoms with Gasteiger partial charge in [-0.15, -0.1) is 0 Å². The van der Waals surface area contributed by atoms with Crippen LogP contribution in [0.4, 0.5) is 13.2 Å². The quantitative estimate of drug-likeness (QED) is 0.829. The second-order valence-corrected chi connectivity index (χ2v) is 3.89. The van der Waals surface area contributed by atoms with E-state index in [9.17, 15) is 23.1 Å². The molecule has 0 aliphatic carbocycles. The van der Waals surface area contributed by atoms with Crippen LogP contribution < -0.4 is 0 Å². The predicted octanol–water partition coefficient (Wildman–Crippen LogP) is 2.82. The first-order chi connectivity index (χ1) is 7.82. The zero-order chi connectivity index (χ0) is 13.1. The fraction of sp³-hybridized carbons (Fsp3) is 0.417. The minimum absolute atomic E-state index is 0.306. The van der Waals surface area contributed by atoms with Crippen molar-refractivity contribution in [1.29, 1.82) is 0 Å². The first-order valence-corrected chi connectivity index (χ1v) is 5.15. The van der Waals surface area contributed by atoms with Crippen LogP contribution in [-0.4, -0.2) is 23.2 Å². The largest absolute Gasteiger partial charge is 0.394 e. The molecular weight excluding hydrogens is 233 g/mol. The van der Waals surface area contributed by atoms with E-state index in [1.807, 2.05) is 0 Å². The summed E-state index contributed by atoms with van der Waals surface area (Å²) in [6.07, 6.45) is -6.72. The number of rotatable bonds is 4. The van der Waals surface area contributed by atoms with Crippen LogP contribution in [0.1, 0.15) is 23.7 Å². The highest BCUT2D eigenvalue weighted by Crippen LogP contribution is 2.29. The minimum atomic E-state index is -4.49. The molecule has 0 bridgehead atoms. The first kappa shape index (κ1) is 13.7. The second-order valence-electron chi connectivity index (χ2n) is 3.89. The lowest BCUT2D eigenvalue weighted by Crippen LogP contribution is -2.33. The molecule has 2 nitrogen and oxygen atoms in total. The van der Waals surface area contributed by atoms with Crippen molar-refractivity contribution in [3.63, 3.8) is 0 Å². The summed E-state index contributed by atoms with van der Waals surface area (Å²) in [4.78, 5) is 11.6. The first-order valence-electron chi connectivity index (χ1n) is 5.15. The Morgan fingerprint density at radius 2 is 1.82 bits per heavy atom. The lowest BCUT2D eigenvalue weighted by atomic mass is 9.96. The van der Waals surface area contributed by atoms with Gasteiger partial charge in [-0.25, -0.2) is 0 Å². The SMILES string of the molecule is CC(C(O)CC(=O)c1ccccc1)C(F)(F)F. The van der Waals surface area contributed by atoms with Crippen molar-refractivity contribution in [2.45, 2.75) is 25.6 Å². The number of aliphatic hydroxyl groups is 1. The van der Waals surface area contributed by atoms with Crippen molar-refractivity contribution in [2.75, 3.05) is 0 Å². The molecule has 0 aliphatic heterocycles. The third kappa shape index (κ3) is 3.85. The van der Waals surface area contributed by atoms with Gasteiger partial charge < -0.3 is 5.11 Å². The highest BCUT2D eigenvalue weighted by molar-refractivity contribution is 5.96. The zero-order valence-corrected chi connectivity index (χ0v) is 9.24. The lowest BCUT2D eigenvalue weighted by Gasteiger charge is -2.20. The number of carbonyl (C=O) groups excluding carboxylic acids is 1. The Hall–Kier alpha value is -1.36. The molecule has 1 aromatic rings. The average molecular weight is 246 g/mol. The average Bonchev–Trinajstić information content (AvgIpc) is 2.27. The van der Waals surface area contributed by atoms with E-state index in [0.29, 0.717) is 5.56 Å². The van der Waals surface area contributed by atoms with Gasteiger partial charge in [-0.05, 0) is 0 Å². The molecule has 0 spiro atoms. The van der Waals surface area contributed by atoms with Gasteiger partial charge in [-0.1, -0.05) is 37.3 Å². The molecule has 0 radical (unpaired) electrons. The molecule has 0 aromatic heterocycles. The maximum atomic E-state index is 12.3. The van der Waals surface area contributed by atoms with Gasteiger partial charge in [0, 0.05) is 12.0 Å². The van der Waals surface area contributed by atoms with Crippen LogP contribution in [0.25, 0.3) is 0 Å². The number of Topliss-reactive ketones (excluding diaryl/α,β-unsaturated/α-hetero) is 1. The maximum absolute atomic E-state index is 12.3. The number of hydrogen-bond donors (Lipinski definition) is 1. The number of halogens is 3. The summed E-state index contributed by atoms with van der Waals surface area (Å²) in [6.45, 7) is 0.864. The number of benzene rings is 1. The topological polar surface area (TPSA) is 37.3 Å². The number of carbonyl (C=O) groups is 1. The van der Waals surface area contributed by atoms with Crippen LogP contribution >= 0.6 is 0 Å². The molecule has 2 atom stereocenters. The van der Waals surface area contributed by atoms with Crippen molar-refractivity contribution < 1.29 is 23.1 Å². The van der Waals surface area contributed by atoms with Crippen LogP contribution in [0.3, 0.4) is 0 Å². The monoisotopic (exact) mass is 246 g/mol. The van der Waals surface area contributed by atoms with E-state index in [-0.39, 0.29) is 0 Å². The standard InChI is InChI=1S/C12H13F3O2/c1-8(12(13,14)15)10(16)7-11(17)9-5-3-2-4-6-9/h2-6,8,10,16H,7H2,1H3. The molecule has 1 aromatic carbocycles. The van der Waals surface area contributed by atoms with Gasteiger partial charge >= 0.3 is 6.18 Å². The number of ketones is 1. The third-order valence-electron chi connectivity index (χ3n) is 2.58. The summed E-state index contributed by atoms with van der Waals surface area (Å²) in [5.41, 5.74) is 0.306. The molecule has 0 saturated heterocycles. The maximum Gasteiger partial charge on any atom is 0.394 e. The van der Waals surface area contributed by atoms with Crippen LogP contribution in [0, 0.1) is 5.92 Å². The molecule has 5 heteroatoms. The normalized spacial score (nSPS) is 15.4. The third-order valence-corrected chi connectivity index (χ3v) is 2.58. The Labute approximate surface area is 97.1 Å². The van der Waals surface area contributed by atoms with E-state index in [1.54, 1.807) is 18.2 Å². The van der Waals surface area contributed by atoms with E-state index >= 15 is 0 Å². The predicted molar refractivity (Wildman–Crippen MR) is 56.6 cm³/mol. The molecule has 0 amide bonds. The molecule has 1 rings (SSSR count). The molecule has 1 N–H and O–H groups in total. The summed E-state index contributed by atoms with van der Waals surface area (Å²) >= 11 is 0. The van der Waals surface area contributed by atoms with Gasteiger partial charge in [-0.3, -0.25) is 4.79 Å². The molecule has 0 aliphatic rings. The second kappa shape index (κ2) is 5.31.